The van der Waals surface area contributed by atoms with Gasteiger partial charge in [0.25, 0.3) is 0 Å². The fourth-order valence-corrected chi connectivity index (χ4v) is 3.06. The van der Waals surface area contributed by atoms with Gasteiger partial charge in [0.2, 0.25) is 5.89 Å². The summed E-state index contributed by atoms with van der Waals surface area (Å²) in [6.07, 6.45) is 1.16. The molecule has 0 fully saturated rings. The van der Waals surface area contributed by atoms with Crippen molar-refractivity contribution in [2.24, 2.45) is 0 Å². The predicted molar refractivity (Wildman–Crippen MR) is 91.1 cm³/mol. The number of aryl methyl sites for hydroxylation is 2. The van der Waals surface area contributed by atoms with Crippen LogP contribution < -0.4 is 4.87 Å². The lowest BCUT2D eigenvalue weighted by atomic mass is 10.2. The molecular weight excluding hydrogens is 326 g/mol. The highest BCUT2D eigenvalue weighted by Gasteiger charge is 2.09. The molecule has 24 heavy (non-hydrogen) atoms. The third kappa shape index (κ3) is 4.39. The topological polar surface area (TPSA) is 70.2 Å². The number of benzene rings is 1. The second-order valence-corrected chi connectivity index (χ2v) is 6.26. The Morgan fingerprint density at radius 3 is 2.83 bits per heavy atom. The van der Waals surface area contributed by atoms with Crippen LogP contribution in [0.4, 0.5) is 0 Å². The molecule has 0 atom stereocenters. The highest BCUT2D eigenvalue weighted by Crippen LogP contribution is 2.05. The van der Waals surface area contributed by atoms with E-state index in [1.54, 1.807) is 4.57 Å². The van der Waals surface area contributed by atoms with Gasteiger partial charge >= 0.3 is 4.87 Å². The molecule has 0 saturated heterocycles. The maximum Gasteiger partial charge on any atom is 0.307 e. The summed E-state index contributed by atoms with van der Waals surface area (Å²) >= 11 is 1.21. The molecule has 2 aromatic heterocycles. The van der Waals surface area contributed by atoms with Gasteiger partial charge < -0.3 is 13.8 Å². The molecule has 0 unspecified atom stereocenters. The Bertz CT molecular complexity index is 823. The minimum atomic E-state index is 0.0431. The Kier molecular flexibility index (Phi) is 5.55. The van der Waals surface area contributed by atoms with Crippen LogP contribution in [0.3, 0.4) is 0 Å². The molecule has 7 heteroatoms. The fourth-order valence-electron chi connectivity index (χ4n) is 2.30. The Hall–Kier alpha value is -2.25. The van der Waals surface area contributed by atoms with Crippen LogP contribution in [0.15, 0.2) is 45.0 Å². The SMILES string of the molecule is Cc1csc(=O)n1CCc1nc(CCOCc2ccccc2)no1. The fraction of sp³-hybridized carbons (Fsp3) is 0.353. The zero-order valence-corrected chi connectivity index (χ0v) is 14.3. The van der Waals surface area contributed by atoms with Crippen LogP contribution in [-0.4, -0.2) is 21.3 Å². The highest BCUT2D eigenvalue weighted by atomic mass is 32.1. The summed E-state index contributed by atoms with van der Waals surface area (Å²) in [4.78, 5) is 16.0. The molecule has 126 valence electrons. The van der Waals surface area contributed by atoms with E-state index in [1.807, 2.05) is 42.6 Å². The number of aromatic nitrogens is 3. The summed E-state index contributed by atoms with van der Waals surface area (Å²) in [6.45, 7) is 3.59. The molecule has 3 rings (SSSR count). The van der Waals surface area contributed by atoms with Crippen molar-refractivity contribution in [3.63, 3.8) is 0 Å². The third-order valence-electron chi connectivity index (χ3n) is 3.62. The molecule has 2 heterocycles. The maximum absolute atomic E-state index is 11.7. The lowest BCUT2D eigenvalue weighted by molar-refractivity contribution is 0.122. The van der Waals surface area contributed by atoms with E-state index in [-0.39, 0.29) is 4.87 Å². The van der Waals surface area contributed by atoms with Gasteiger partial charge in [-0.25, -0.2) is 0 Å². The molecule has 0 N–H and O–H groups in total. The summed E-state index contributed by atoms with van der Waals surface area (Å²) < 4.78 is 12.6. The van der Waals surface area contributed by atoms with E-state index in [4.69, 9.17) is 9.26 Å². The molecular formula is C17H19N3O3S. The van der Waals surface area contributed by atoms with Gasteiger partial charge in [-0.15, -0.1) is 0 Å². The van der Waals surface area contributed by atoms with Gasteiger partial charge in [-0.1, -0.05) is 46.8 Å². The third-order valence-corrected chi connectivity index (χ3v) is 4.50. The average Bonchev–Trinajstić information content (AvgIpc) is 3.18. The molecule has 1 aromatic carbocycles. The summed E-state index contributed by atoms with van der Waals surface area (Å²) in [7, 11) is 0. The number of hydrogen-bond donors (Lipinski definition) is 0. The summed E-state index contributed by atoms with van der Waals surface area (Å²) in [5.74, 6) is 1.18. The second kappa shape index (κ2) is 8.03. The molecule has 0 saturated carbocycles. The van der Waals surface area contributed by atoms with Crippen molar-refractivity contribution >= 4 is 11.3 Å². The van der Waals surface area contributed by atoms with Gasteiger partial charge in [0.05, 0.1) is 13.2 Å². The van der Waals surface area contributed by atoms with Gasteiger partial charge in [-0.2, -0.15) is 4.98 Å². The standard InChI is InChI=1S/C17H19N3O3S/c1-13-12-24-17(21)20(13)9-7-16-18-15(19-23-16)8-10-22-11-14-5-3-2-4-6-14/h2-6,12H,7-11H2,1H3. The predicted octanol–water partition coefficient (Wildman–Crippen LogP) is 2.60. The molecule has 0 radical (unpaired) electrons. The van der Waals surface area contributed by atoms with Gasteiger partial charge in [-0.05, 0) is 12.5 Å². The molecule has 0 aliphatic rings. The van der Waals surface area contributed by atoms with Gasteiger partial charge in [0.1, 0.15) is 0 Å². The Morgan fingerprint density at radius 1 is 1.25 bits per heavy atom. The average molecular weight is 345 g/mol. The first-order valence-electron chi connectivity index (χ1n) is 7.80. The van der Waals surface area contributed by atoms with E-state index in [1.165, 1.54) is 11.3 Å². The van der Waals surface area contributed by atoms with E-state index < -0.39 is 0 Å². The van der Waals surface area contributed by atoms with Crippen molar-refractivity contribution in [2.75, 3.05) is 6.61 Å². The lowest BCUT2D eigenvalue weighted by Gasteiger charge is -2.02. The molecule has 0 bridgehead atoms. The summed E-state index contributed by atoms with van der Waals surface area (Å²) in [5, 5.41) is 5.81. The second-order valence-electron chi connectivity index (χ2n) is 5.44. The molecule has 0 amide bonds. The first-order valence-corrected chi connectivity index (χ1v) is 8.68. The molecule has 3 aromatic rings. The Labute approximate surface area is 143 Å². The largest absolute Gasteiger partial charge is 0.376 e. The van der Waals surface area contributed by atoms with Crippen molar-refractivity contribution in [3.05, 3.63) is 68.4 Å². The van der Waals surface area contributed by atoms with Crippen LogP contribution in [0, 0.1) is 6.92 Å². The van der Waals surface area contributed by atoms with Gasteiger partial charge in [0.15, 0.2) is 5.82 Å². The van der Waals surface area contributed by atoms with E-state index in [0.29, 0.717) is 44.3 Å². The van der Waals surface area contributed by atoms with Crippen LogP contribution in [0.25, 0.3) is 0 Å². The van der Waals surface area contributed by atoms with Crippen LogP contribution in [-0.2, 0) is 30.7 Å². The first-order chi connectivity index (χ1) is 11.7. The van der Waals surface area contributed by atoms with Crippen molar-refractivity contribution < 1.29 is 9.26 Å². The number of thiazole rings is 1. The van der Waals surface area contributed by atoms with E-state index >= 15 is 0 Å². The van der Waals surface area contributed by atoms with E-state index in [9.17, 15) is 4.79 Å². The smallest absolute Gasteiger partial charge is 0.307 e. The van der Waals surface area contributed by atoms with Crippen molar-refractivity contribution in [2.45, 2.75) is 32.9 Å². The van der Waals surface area contributed by atoms with Crippen molar-refractivity contribution in [1.29, 1.82) is 0 Å². The summed E-state index contributed by atoms with van der Waals surface area (Å²) in [6, 6.07) is 10.0. The van der Waals surface area contributed by atoms with Gasteiger partial charge in [0, 0.05) is 30.5 Å². The van der Waals surface area contributed by atoms with Crippen LogP contribution in [0.5, 0.6) is 0 Å². The van der Waals surface area contributed by atoms with E-state index in [0.717, 1.165) is 11.3 Å². The van der Waals surface area contributed by atoms with Crippen molar-refractivity contribution in [3.8, 4) is 0 Å². The Balaban J connectivity index is 1.43. The van der Waals surface area contributed by atoms with E-state index in [2.05, 4.69) is 10.1 Å². The maximum atomic E-state index is 11.7. The minimum absolute atomic E-state index is 0.0431. The normalized spacial score (nSPS) is 11.0. The lowest BCUT2D eigenvalue weighted by Crippen LogP contribution is -2.16. The monoisotopic (exact) mass is 345 g/mol. The number of ether oxygens (including phenoxy) is 1. The Morgan fingerprint density at radius 2 is 2.08 bits per heavy atom. The zero-order valence-electron chi connectivity index (χ0n) is 13.5. The van der Waals surface area contributed by atoms with Crippen LogP contribution >= 0.6 is 11.3 Å². The highest BCUT2D eigenvalue weighted by molar-refractivity contribution is 7.07. The molecule has 0 aliphatic carbocycles. The zero-order chi connectivity index (χ0) is 16.8. The number of nitrogens with zero attached hydrogens (tertiary/aromatic N) is 3. The van der Waals surface area contributed by atoms with Crippen LogP contribution in [0.2, 0.25) is 0 Å². The molecule has 6 nitrogen and oxygen atoms in total. The number of hydrogen-bond acceptors (Lipinski definition) is 6. The number of rotatable bonds is 8. The van der Waals surface area contributed by atoms with Gasteiger partial charge in [-0.3, -0.25) is 4.79 Å². The molecule has 0 aliphatic heterocycles. The quantitative estimate of drug-likeness (QED) is 0.587. The molecule has 0 spiro atoms. The minimum Gasteiger partial charge on any atom is -0.376 e. The summed E-state index contributed by atoms with van der Waals surface area (Å²) in [5.41, 5.74) is 2.10. The first kappa shape index (κ1) is 16.6. The van der Waals surface area contributed by atoms with Crippen molar-refractivity contribution in [1.82, 2.24) is 14.7 Å². The van der Waals surface area contributed by atoms with Crippen LogP contribution in [0.1, 0.15) is 23.0 Å².